The molecule has 0 atom stereocenters. The van der Waals surface area contributed by atoms with E-state index >= 15 is 0 Å². The molecule has 0 unspecified atom stereocenters. The first-order chi connectivity index (χ1) is 7.34. The minimum Gasteiger partial charge on any atom is -0.449 e. The summed E-state index contributed by atoms with van der Waals surface area (Å²) >= 11 is 5.10. The maximum atomic E-state index is 5.10. The number of para-hydroxylation sites is 1. The van der Waals surface area contributed by atoms with E-state index in [2.05, 4.69) is 10.6 Å². The lowest BCUT2D eigenvalue weighted by Gasteiger charge is -2.07. The van der Waals surface area contributed by atoms with Gasteiger partial charge in [-0.25, -0.2) is 0 Å². The molecule has 1 aromatic carbocycles. The van der Waals surface area contributed by atoms with Crippen LogP contribution in [0.2, 0.25) is 0 Å². The van der Waals surface area contributed by atoms with Gasteiger partial charge in [0.2, 0.25) is 0 Å². The number of furan rings is 1. The van der Waals surface area contributed by atoms with Crippen LogP contribution in [0.4, 0.5) is 11.6 Å². The molecule has 0 aliphatic heterocycles. The number of anilines is 2. The van der Waals surface area contributed by atoms with Gasteiger partial charge in [-0.2, -0.15) is 0 Å². The fraction of sp³-hybridized carbons (Fsp3) is 0. The molecule has 0 radical (unpaired) electrons. The molecule has 0 saturated heterocycles. The molecule has 0 amide bonds. The van der Waals surface area contributed by atoms with E-state index < -0.39 is 0 Å². The van der Waals surface area contributed by atoms with E-state index in [-0.39, 0.29) is 0 Å². The minimum atomic E-state index is 0.510. The van der Waals surface area contributed by atoms with Crippen molar-refractivity contribution in [2.45, 2.75) is 0 Å². The first kappa shape index (κ1) is 9.73. The molecule has 3 nitrogen and oxygen atoms in total. The third kappa shape index (κ3) is 2.82. The quantitative estimate of drug-likeness (QED) is 0.759. The van der Waals surface area contributed by atoms with E-state index in [0.29, 0.717) is 11.0 Å². The number of rotatable bonds is 2. The van der Waals surface area contributed by atoms with Gasteiger partial charge < -0.3 is 15.1 Å². The van der Waals surface area contributed by atoms with Crippen molar-refractivity contribution in [2.24, 2.45) is 0 Å². The molecule has 1 heterocycles. The molecular formula is C11H10N2OS. The highest BCUT2D eigenvalue weighted by atomic mass is 32.1. The van der Waals surface area contributed by atoms with Crippen LogP contribution < -0.4 is 10.6 Å². The van der Waals surface area contributed by atoms with E-state index in [1.165, 1.54) is 0 Å². The maximum Gasteiger partial charge on any atom is 0.198 e. The number of benzene rings is 1. The second-order valence-corrected chi connectivity index (χ2v) is 3.33. The summed E-state index contributed by atoms with van der Waals surface area (Å²) in [4.78, 5) is 0. The number of hydrogen-bond acceptors (Lipinski definition) is 2. The van der Waals surface area contributed by atoms with Crippen molar-refractivity contribution in [3.63, 3.8) is 0 Å². The van der Waals surface area contributed by atoms with Crippen LogP contribution in [0, 0.1) is 0 Å². The average Bonchev–Trinajstić information content (AvgIpc) is 2.71. The van der Waals surface area contributed by atoms with Crippen molar-refractivity contribution in [3.8, 4) is 0 Å². The summed E-state index contributed by atoms with van der Waals surface area (Å²) in [6.07, 6.45) is 1.59. The lowest BCUT2D eigenvalue weighted by atomic mass is 10.3. The standard InChI is InChI=1S/C11H10N2OS/c15-11(13-10-7-4-8-14-10)12-9-5-2-1-3-6-9/h1-8H,(H2,12,13,15). The predicted molar refractivity (Wildman–Crippen MR) is 65.0 cm³/mol. The number of thiocarbonyl (C=S) groups is 1. The fourth-order valence-electron chi connectivity index (χ4n) is 1.15. The molecule has 2 rings (SSSR count). The average molecular weight is 218 g/mol. The number of hydrogen-bond donors (Lipinski definition) is 2. The minimum absolute atomic E-state index is 0.510. The van der Waals surface area contributed by atoms with Crippen LogP contribution in [-0.2, 0) is 0 Å². The van der Waals surface area contributed by atoms with Crippen LogP contribution >= 0.6 is 12.2 Å². The van der Waals surface area contributed by atoms with Crippen molar-refractivity contribution < 1.29 is 4.42 Å². The summed E-state index contributed by atoms with van der Waals surface area (Å²) in [6.45, 7) is 0. The van der Waals surface area contributed by atoms with Crippen molar-refractivity contribution >= 4 is 28.9 Å². The second-order valence-electron chi connectivity index (χ2n) is 2.92. The third-order valence-corrected chi connectivity index (χ3v) is 1.99. The molecule has 76 valence electrons. The Morgan fingerprint density at radius 2 is 1.80 bits per heavy atom. The Morgan fingerprint density at radius 1 is 1.00 bits per heavy atom. The Hall–Kier alpha value is -1.81. The molecular weight excluding hydrogens is 208 g/mol. The largest absolute Gasteiger partial charge is 0.449 e. The van der Waals surface area contributed by atoms with Crippen molar-refractivity contribution in [1.29, 1.82) is 0 Å². The molecule has 15 heavy (non-hydrogen) atoms. The third-order valence-electron chi connectivity index (χ3n) is 1.79. The highest BCUT2D eigenvalue weighted by Crippen LogP contribution is 2.09. The molecule has 1 aromatic heterocycles. The van der Waals surface area contributed by atoms with E-state index in [1.54, 1.807) is 18.4 Å². The molecule has 0 bridgehead atoms. The zero-order chi connectivity index (χ0) is 10.5. The SMILES string of the molecule is S=C(Nc1ccccc1)Nc1ccco1. The van der Waals surface area contributed by atoms with E-state index in [9.17, 15) is 0 Å². The van der Waals surface area contributed by atoms with Gasteiger partial charge in [-0.3, -0.25) is 0 Å². The van der Waals surface area contributed by atoms with Gasteiger partial charge in [0.05, 0.1) is 6.26 Å². The highest BCUT2D eigenvalue weighted by molar-refractivity contribution is 7.80. The summed E-state index contributed by atoms with van der Waals surface area (Å²) in [5.41, 5.74) is 0.946. The van der Waals surface area contributed by atoms with Gasteiger partial charge in [-0.15, -0.1) is 0 Å². The van der Waals surface area contributed by atoms with E-state index in [1.807, 2.05) is 30.3 Å². The Kier molecular flexibility index (Phi) is 2.99. The van der Waals surface area contributed by atoms with Gasteiger partial charge in [-0.1, -0.05) is 18.2 Å². The molecule has 2 N–H and O–H groups in total. The molecule has 0 saturated carbocycles. The normalized spacial score (nSPS) is 9.60. The first-order valence-electron chi connectivity index (χ1n) is 4.51. The second kappa shape index (κ2) is 4.61. The molecule has 0 aliphatic carbocycles. The lowest BCUT2D eigenvalue weighted by molar-refractivity contribution is 0.586. The Balaban J connectivity index is 1.94. The van der Waals surface area contributed by atoms with Crippen LogP contribution in [0.1, 0.15) is 0 Å². The van der Waals surface area contributed by atoms with Crippen LogP contribution in [0.3, 0.4) is 0 Å². The molecule has 0 fully saturated rings. The zero-order valence-electron chi connectivity index (χ0n) is 7.94. The van der Waals surface area contributed by atoms with Crippen LogP contribution in [0.5, 0.6) is 0 Å². The summed E-state index contributed by atoms with van der Waals surface area (Å²) in [6, 6.07) is 13.3. The summed E-state index contributed by atoms with van der Waals surface area (Å²) in [7, 11) is 0. The summed E-state index contributed by atoms with van der Waals surface area (Å²) in [5.74, 6) is 0.628. The van der Waals surface area contributed by atoms with Gasteiger partial charge in [0, 0.05) is 11.8 Å². The Labute approximate surface area is 93.1 Å². The van der Waals surface area contributed by atoms with E-state index in [4.69, 9.17) is 16.6 Å². The van der Waals surface area contributed by atoms with Gasteiger partial charge in [-0.05, 0) is 30.4 Å². The highest BCUT2D eigenvalue weighted by Gasteiger charge is 1.99. The van der Waals surface area contributed by atoms with Crippen LogP contribution in [0.15, 0.2) is 53.1 Å². The van der Waals surface area contributed by atoms with Gasteiger partial charge in [0.1, 0.15) is 0 Å². The summed E-state index contributed by atoms with van der Waals surface area (Å²) < 4.78 is 5.10. The van der Waals surface area contributed by atoms with Crippen molar-refractivity contribution in [2.75, 3.05) is 10.6 Å². The first-order valence-corrected chi connectivity index (χ1v) is 4.92. The summed E-state index contributed by atoms with van der Waals surface area (Å²) in [5, 5.41) is 6.47. The van der Waals surface area contributed by atoms with Gasteiger partial charge in [0.15, 0.2) is 11.0 Å². The molecule has 0 spiro atoms. The molecule has 4 heteroatoms. The predicted octanol–water partition coefficient (Wildman–Crippen LogP) is 3.09. The monoisotopic (exact) mass is 218 g/mol. The van der Waals surface area contributed by atoms with Gasteiger partial charge >= 0.3 is 0 Å². The number of nitrogens with one attached hydrogen (secondary N) is 2. The van der Waals surface area contributed by atoms with Crippen LogP contribution in [-0.4, -0.2) is 5.11 Å². The van der Waals surface area contributed by atoms with Crippen molar-refractivity contribution in [3.05, 3.63) is 48.7 Å². The molecule has 2 aromatic rings. The zero-order valence-corrected chi connectivity index (χ0v) is 8.75. The smallest absolute Gasteiger partial charge is 0.198 e. The van der Waals surface area contributed by atoms with Crippen molar-refractivity contribution in [1.82, 2.24) is 0 Å². The fourth-order valence-corrected chi connectivity index (χ4v) is 1.36. The Bertz CT molecular complexity index is 425. The maximum absolute atomic E-state index is 5.10. The Morgan fingerprint density at radius 3 is 2.47 bits per heavy atom. The lowest BCUT2D eigenvalue weighted by Crippen LogP contribution is -2.18. The van der Waals surface area contributed by atoms with Gasteiger partial charge in [0.25, 0.3) is 0 Å². The topological polar surface area (TPSA) is 37.2 Å². The van der Waals surface area contributed by atoms with E-state index in [0.717, 1.165) is 5.69 Å². The van der Waals surface area contributed by atoms with Crippen LogP contribution in [0.25, 0.3) is 0 Å². The molecule has 0 aliphatic rings.